The highest BCUT2D eigenvalue weighted by Crippen LogP contribution is 2.33. The maximum atomic E-state index is 12.4. The Labute approximate surface area is 187 Å². The maximum Gasteiger partial charge on any atom is 0.343 e. The van der Waals surface area contributed by atoms with Gasteiger partial charge in [0, 0.05) is 11.6 Å². The van der Waals surface area contributed by atoms with Crippen molar-refractivity contribution >= 4 is 40.7 Å². The minimum atomic E-state index is -0.504. The lowest BCUT2D eigenvalue weighted by atomic mass is 10.2. The van der Waals surface area contributed by atoms with Crippen LogP contribution in [0.3, 0.4) is 0 Å². The van der Waals surface area contributed by atoms with Gasteiger partial charge in [-0.2, -0.15) is 5.10 Å². The van der Waals surface area contributed by atoms with Gasteiger partial charge in [-0.15, -0.1) is 0 Å². The minimum absolute atomic E-state index is 0.240. The molecule has 0 aliphatic heterocycles. The van der Waals surface area contributed by atoms with Crippen LogP contribution in [0.25, 0.3) is 0 Å². The van der Waals surface area contributed by atoms with Crippen LogP contribution < -0.4 is 24.4 Å². The van der Waals surface area contributed by atoms with Crippen LogP contribution in [0.1, 0.15) is 15.9 Å². The summed E-state index contributed by atoms with van der Waals surface area (Å²) in [5.41, 5.74) is 3.45. The molecule has 0 aliphatic carbocycles. The Morgan fingerprint density at radius 2 is 1.67 bits per heavy atom. The molecule has 2 aromatic carbocycles. The van der Waals surface area contributed by atoms with E-state index in [1.54, 1.807) is 30.3 Å². The van der Waals surface area contributed by atoms with Crippen molar-refractivity contribution in [1.82, 2.24) is 5.43 Å². The molecule has 30 heavy (non-hydrogen) atoms. The molecule has 10 heteroatoms. The van der Waals surface area contributed by atoms with E-state index < -0.39 is 11.9 Å². The third-order valence-electron chi connectivity index (χ3n) is 3.81. The molecule has 0 bridgehead atoms. The summed E-state index contributed by atoms with van der Waals surface area (Å²) in [6, 6.07) is 8.25. The Morgan fingerprint density at radius 3 is 2.23 bits per heavy atom. The third kappa shape index (κ3) is 6.24. The first-order chi connectivity index (χ1) is 14.4. The molecule has 0 atom stereocenters. The minimum Gasteiger partial charge on any atom is -0.497 e. The van der Waals surface area contributed by atoms with Gasteiger partial charge >= 0.3 is 5.97 Å². The molecule has 1 N–H and O–H groups in total. The van der Waals surface area contributed by atoms with Crippen LogP contribution in [0.4, 0.5) is 0 Å². The van der Waals surface area contributed by atoms with Crippen LogP contribution in [0.5, 0.6) is 23.0 Å². The van der Waals surface area contributed by atoms with Crippen molar-refractivity contribution in [3.8, 4) is 23.0 Å². The molecule has 0 fully saturated rings. The number of nitrogens with one attached hydrogen (secondary N) is 1. The van der Waals surface area contributed by atoms with Crippen molar-refractivity contribution in [2.24, 2.45) is 5.10 Å². The van der Waals surface area contributed by atoms with Crippen LogP contribution in [0.2, 0.25) is 0 Å². The fourth-order valence-electron chi connectivity index (χ4n) is 2.31. The average molecular weight is 528 g/mol. The van der Waals surface area contributed by atoms with Gasteiger partial charge in [0.15, 0.2) is 18.1 Å². The number of benzene rings is 2. The highest BCUT2D eigenvalue weighted by molar-refractivity contribution is 14.1. The zero-order valence-corrected chi connectivity index (χ0v) is 19.0. The summed E-state index contributed by atoms with van der Waals surface area (Å²) >= 11 is 2.05. The third-order valence-corrected chi connectivity index (χ3v) is 4.61. The number of hydrazone groups is 1. The van der Waals surface area contributed by atoms with E-state index in [1.165, 1.54) is 34.7 Å². The molecule has 0 aliphatic rings. The maximum absolute atomic E-state index is 12.4. The number of hydrogen-bond acceptors (Lipinski definition) is 8. The van der Waals surface area contributed by atoms with Gasteiger partial charge in [0.1, 0.15) is 11.5 Å². The smallest absolute Gasteiger partial charge is 0.343 e. The monoisotopic (exact) mass is 528 g/mol. The number of esters is 1. The fourth-order valence-corrected chi connectivity index (χ4v) is 3.09. The van der Waals surface area contributed by atoms with E-state index in [0.717, 1.165) is 0 Å². The molecule has 0 saturated heterocycles. The van der Waals surface area contributed by atoms with Crippen molar-refractivity contribution in [2.75, 3.05) is 35.0 Å². The summed E-state index contributed by atoms with van der Waals surface area (Å²) in [5.74, 6) is 0.874. The van der Waals surface area contributed by atoms with Gasteiger partial charge in [-0.1, -0.05) is 0 Å². The molecule has 9 nitrogen and oxygen atoms in total. The first kappa shape index (κ1) is 23.3. The number of rotatable bonds is 9. The van der Waals surface area contributed by atoms with Crippen molar-refractivity contribution < 1.29 is 33.3 Å². The molecule has 1 amide bonds. The van der Waals surface area contributed by atoms with E-state index in [1.807, 2.05) is 22.6 Å². The molecule has 160 valence electrons. The summed E-state index contributed by atoms with van der Waals surface area (Å²) in [4.78, 5) is 23.7. The first-order valence-corrected chi connectivity index (χ1v) is 9.63. The van der Waals surface area contributed by atoms with Gasteiger partial charge in [0.05, 0.1) is 38.2 Å². The van der Waals surface area contributed by atoms with Crippen LogP contribution in [-0.4, -0.2) is 53.1 Å². The van der Waals surface area contributed by atoms with Crippen molar-refractivity contribution in [1.29, 1.82) is 0 Å². The van der Waals surface area contributed by atoms with Crippen molar-refractivity contribution in [3.05, 3.63) is 45.0 Å². The number of carbonyl (C=O) groups is 2. The van der Waals surface area contributed by atoms with Crippen molar-refractivity contribution in [2.45, 2.75) is 0 Å². The standard InChI is InChI=1S/C20H21IN2O7/c1-26-14-7-13(8-15(9-14)27-2)20(25)23-22-10-12-5-16(21)19(17(6-12)28-3)30-11-18(24)29-4/h5-10H,11H2,1-4H3,(H,23,25)/b22-10-. The van der Waals surface area contributed by atoms with Gasteiger partial charge in [0.25, 0.3) is 5.91 Å². The number of methoxy groups -OCH3 is 4. The topological polar surface area (TPSA) is 105 Å². The number of nitrogens with zero attached hydrogens (tertiary/aromatic N) is 1. The number of halogens is 1. The molecule has 0 spiro atoms. The molecule has 2 aromatic rings. The average Bonchev–Trinajstić information content (AvgIpc) is 2.77. The summed E-state index contributed by atoms with van der Waals surface area (Å²) in [6.45, 7) is -0.240. The van der Waals surface area contributed by atoms with E-state index in [9.17, 15) is 9.59 Å². The second-order valence-electron chi connectivity index (χ2n) is 5.70. The van der Waals surface area contributed by atoms with Crippen LogP contribution in [0, 0.1) is 3.57 Å². The lowest BCUT2D eigenvalue weighted by molar-refractivity contribution is -0.142. The second-order valence-corrected chi connectivity index (χ2v) is 6.86. The van der Waals surface area contributed by atoms with Gasteiger partial charge in [-0.3, -0.25) is 4.79 Å². The zero-order valence-electron chi connectivity index (χ0n) is 16.9. The normalized spacial score (nSPS) is 10.4. The zero-order chi connectivity index (χ0) is 22.1. The quantitative estimate of drug-likeness (QED) is 0.231. The Bertz CT molecular complexity index is 925. The molecular formula is C20H21IN2O7. The van der Waals surface area contributed by atoms with E-state index in [0.29, 0.717) is 37.7 Å². The van der Waals surface area contributed by atoms with Crippen molar-refractivity contribution in [3.63, 3.8) is 0 Å². The van der Waals surface area contributed by atoms with E-state index >= 15 is 0 Å². The van der Waals surface area contributed by atoms with Gasteiger partial charge in [0.2, 0.25) is 0 Å². The van der Waals surface area contributed by atoms with E-state index in [2.05, 4.69) is 15.3 Å². The second kappa shape index (κ2) is 11.2. The Kier molecular flexibility index (Phi) is 8.71. The summed E-state index contributed by atoms with van der Waals surface area (Å²) in [7, 11) is 5.77. The predicted molar refractivity (Wildman–Crippen MR) is 118 cm³/mol. The molecule has 0 saturated carbocycles. The number of amides is 1. The van der Waals surface area contributed by atoms with Gasteiger partial charge in [-0.05, 0) is 52.4 Å². The lowest BCUT2D eigenvalue weighted by Gasteiger charge is -2.12. The summed E-state index contributed by atoms with van der Waals surface area (Å²) in [6.07, 6.45) is 1.46. The first-order valence-electron chi connectivity index (χ1n) is 8.55. The van der Waals surface area contributed by atoms with Crippen LogP contribution in [0.15, 0.2) is 35.4 Å². The van der Waals surface area contributed by atoms with E-state index in [-0.39, 0.29) is 6.61 Å². The highest BCUT2D eigenvalue weighted by atomic mass is 127. The van der Waals surface area contributed by atoms with E-state index in [4.69, 9.17) is 18.9 Å². The molecule has 0 radical (unpaired) electrons. The number of carbonyl (C=O) groups excluding carboxylic acids is 2. The largest absolute Gasteiger partial charge is 0.497 e. The summed E-state index contributed by atoms with van der Waals surface area (Å²) in [5, 5.41) is 3.98. The Balaban J connectivity index is 2.13. The Hall–Kier alpha value is -3.02. The molecule has 0 aromatic heterocycles. The number of hydrogen-bond donors (Lipinski definition) is 1. The molecular weight excluding hydrogens is 507 g/mol. The van der Waals surface area contributed by atoms with Crippen LogP contribution in [-0.2, 0) is 9.53 Å². The highest BCUT2D eigenvalue weighted by Gasteiger charge is 2.13. The summed E-state index contributed by atoms with van der Waals surface area (Å²) < 4.78 is 26.4. The molecule has 0 heterocycles. The van der Waals surface area contributed by atoms with Gasteiger partial charge in [-0.25, -0.2) is 10.2 Å². The fraction of sp³-hybridized carbons (Fsp3) is 0.250. The molecule has 0 unspecified atom stereocenters. The SMILES string of the molecule is COC(=O)COc1c(I)cc(/C=N\NC(=O)c2cc(OC)cc(OC)c2)cc1OC. The predicted octanol–water partition coefficient (Wildman–Crippen LogP) is 2.63. The molecule has 2 rings (SSSR count). The Morgan fingerprint density at radius 1 is 1.00 bits per heavy atom. The lowest BCUT2D eigenvalue weighted by Crippen LogP contribution is -2.17. The van der Waals surface area contributed by atoms with Gasteiger partial charge < -0.3 is 23.7 Å². The number of ether oxygens (including phenoxy) is 5. The van der Waals surface area contributed by atoms with Crippen LogP contribution >= 0.6 is 22.6 Å².